The Hall–Kier alpha value is -1.27. The molecule has 2 aromatic carbocycles. The minimum absolute atomic E-state index is 0.0761. The van der Waals surface area contributed by atoms with Gasteiger partial charge in [0.15, 0.2) is 0 Å². The SMILES string of the molecule is Nc1ccccc1S(=O)(=O)NCCc1ccc(Cl)cc1Cl. The fourth-order valence-corrected chi connectivity index (χ4v) is 3.51. The van der Waals surface area contributed by atoms with Gasteiger partial charge in [-0.3, -0.25) is 0 Å². The van der Waals surface area contributed by atoms with Crippen molar-refractivity contribution in [3.63, 3.8) is 0 Å². The molecule has 2 aromatic rings. The lowest BCUT2D eigenvalue weighted by Crippen LogP contribution is -2.26. The van der Waals surface area contributed by atoms with Crippen molar-refractivity contribution in [2.75, 3.05) is 12.3 Å². The molecule has 0 amide bonds. The quantitative estimate of drug-likeness (QED) is 0.818. The Kier molecular flexibility index (Phi) is 5.11. The van der Waals surface area contributed by atoms with Gasteiger partial charge in [0, 0.05) is 16.6 Å². The molecule has 0 saturated heterocycles. The van der Waals surface area contributed by atoms with E-state index in [-0.39, 0.29) is 17.1 Å². The number of hydrogen-bond donors (Lipinski definition) is 2. The number of benzene rings is 2. The fourth-order valence-electron chi connectivity index (χ4n) is 1.85. The summed E-state index contributed by atoms with van der Waals surface area (Å²) >= 11 is 11.9. The number of nitrogens with two attached hydrogens (primary N) is 1. The summed E-state index contributed by atoms with van der Waals surface area (Å²) < 4.78 is 26.8. The molecule has 0 heterocycles. The average molecular weight is 345 g/mol. The summed E-state index contributed by atoms with van der Waals surface area (Å²) in [5.74, 6) is 0. The third-order valence-corrected chi connectivity index (χ3v) is 5.03. The van der Waals surface area contributed by atoms with E-state index in [0.29, 0.717) is 16.5 Å². The fraction of sp³-hybridized carbons (Fsp3) is 0.143. The number of rotatable bonds is 5. The number of nitrogen functional groups attached to an aromatic ring is 1. The van der Waals surface area contributed by atoms with Crippen molar-refractivity contribution in [1.29, 1.82) is 0 Å². The van der Waals surface area contributed by atoms with Crippen LogP contribution >= 0.6 is 23.2 Å². The molecule has 2 rings (SSSR count). The van der Waals surface area contributed by atoms with E-state index in [1.807, 2.05) is 0 Å². The van der Waals surface area contributed by atoms with Crippen LogP contribution in [0.15, 0.2) is 47.4 Å². The van der Waals surface area contributed by atoms with Crippen LogP contribution in [0.4, 0.5) is 5.69 Å². The van der Waals surface area contributed by atoms with Crippen molar-refractivity contribution in [1.82, 2.24) is 4.72 Å². The maximum Gasteiger partial charge on any atom is 0.242 e. The Morgan fingerprint density at radius 3 is 2.48 bits per heavy atom. The molecule has 0 saturated carbocycles. The average Bonchev–Trinajstić information content (AvgIpc) is 2.41. The second kappa shape index (κ2) is 6.66. The number of para-hydroxylation sites is 1. The number of nitrogens with one attached hydrogen (secondary N) is 1. The van der Waals surface area contributed by atoms with Crippen molar-refractivity contribution in [3.8, 4) is 0 Å². The van der Waals surface area contributed by atoms with Gasteiger partial charge in [-0.25, -0.2) is 13.1 Å². The molecule has 0 fully saturated rings. The molecule has 0 bridgehead atoms. The van der Waals surface area contributed by atoms with Crippen LogP contribution in [0.3, 0.4) is 0 Å². The lowest BCUT2D eigenvalue weighted by molar-refractivity contribution is 0.582. The molecule has 0 aliphatic carbocycles. The molecule has 0 aliphatic rings. The Balaban J connectivity index is 2.04. The molecule has 3 N–H and O–H groups in total. The van der Waals surface area contributed by atoms with Gasteiger partial charge in [0.2, 0.25) is 10.0 Å². The zero-order valence-electron chi connectivity index (χ0n) is 11.0. The highest BCUT2D eigenvalue weighted by molar-refractivity contribution is 7.89. The Morgan fingerprint density at radius 1 is 1.10 bits per heavy atom. The van der Waals surface area contributed by atoms with Gasteiger partial charge >= 0.3 is 0 Å². The van der Waals surface area contributed by atoms with Crippen LogP contribution in [0.1, 0.15) is 5.56 Å². The maximum absolute atomic E-state index is 12.1. The summed E-state index contributed by atoms with van der Waals surface area (Å²) in [6.45, 7) is 0.220. The van der Waals surface area contributed by atoms with E-state index in [1.165, 1.54) is 6.07 Å². The van der Waals surface area contributed by atoms with Crippen LogP contribution in [0.5, 0.6) is 0 Å². The maximum atomic E-state index is 12.1. The minimum Gasteiger partial charge on any atom is -0.398 e. The van der Waals surface area contributed by atoms with Gasteiger partial charge in [0.1, 0.15) is 4.90 Å². The van der Waals surface area contributed by atoms with Crippen molar-refractivity contribution in [3.05, 3.63) is 58.1 Å². The first-order valence-corrected chi connectivity index (χ1v) is 8.42. The van der Waals surface area contributed by atoms with Crippen LogP contribution in [0.25, 0.3) is 0 Å². The molecular weight excluding hydrogens is 331 g/mol. The first kappa shape index (κ1) is 16.1. The number of anilines is 1. The largest absolute Gasteiger partial charge is 0.398 e. The predicted octanol–water partition coefficient (Wildman–Crippen LogP) is 3.10. The van der Waals surface area contributed by atoms with Crippen LogP contribution in [-0.4, -0.2) is 15.0 Å². The molecule has 0 aliphatic heterocycles. The Morgan fingerprint density at radius 2 is 1.81 bits per heavy atom. The van der Waals surface area contributed by atoms with Crippen molar-refractivity contribution in [2.24, 2.45) is 0 Å². The summed E-state index contributed by atoms with van der Waals surface area (Å²) in [6, 6.07) is 11.4. The van der Waals surface area contributed by atoms with Crippen LogP contribution in [0, 0.1) is 0 Å². The summed E-state index contributed by atoms with van der Waals surface area (Å²) in [5, 5.41) is 1.06. The molecule has 0 aromatic heterocycles. The van der Waals surface area contributed by atoms with Gasteiger partial charge in [0.25, 0.3) is 0 Å². The summed E-state index contributed by atoms with van der Waals surface area (Å²) in [7, 11) is -3.63. The first-order valence-electron chi connectivity index (χ1n) is 6.18. The predicted molar refractivity (Wildman–Crippen MR) is 86.2 cm³/mol. The lowest BCUT2D eigenvalue weighted by atomic mass is 10.1. The van der Waals surface area contributed by atoms with E-state index in [2.05, 4.69) is 4.72 Å². The Bertz CT molecular complexity index is 748. The normalized spacial score (nSPS) is 11.5. The molecule has 21 heavy (non-hydrogen) atoms. The monoisotopic (exact) mass is 344 g/mol. The van der Waals surface area contributed by atoms with Crippen molar-refractivity contribution >= 4 is 38.9 Å². The van der Waals surface area contributed by atoms with E-state index in [9.17, 15) is 8.42 Å². The highest BCUT2D eigenvalue weighted by Crippen LogP contribution is 2.21. The third kappa shape index (κ3) is 4.11. The van der Waals surface area contributed by atoms with Gasteiger partial charge in [-0.2, -0.15) is 0 Å². The second-order valence-corrected chi connectivity index (χ2v) is 7.00. The van der Waals surface area contributed by atoms with E-state index in [0.717, 1.165) is 5.56 Å². The van der Waals surface area contributed by atoms with E-state index < -0.39 is 10.0 Å². The zero-order valence-corrected chi connectivity index (χ0v) is 13.3. The highest BCUT2D eigenvalue weighted by Gasteiger charge is 2.16. The van der Waals surface area contributed by atoms with Gasteiger partial charge in [0.05, 0.1) is 5.69 Å². The summed E-state index contributed by atoms with van der Waals surface area (Å²) in [6.07, 6.45) is 0.460. The van der Waals surface area contributed by atoms with E-state index in [4.69, 9.17) is 28.9 Å². The minimum atomic E-state index is -3.63. The summed E-state index contributed by atoms with van der Waals surface area (Å²) in [5.41, 5.74) is 6.72. The number of sulfonamides is 1. The number of hydrogen-bond acceptors (Lipinski definition) is 3. The highest BCUT2D eigenvalue weighted by atomic mass is 35.5. The lowest BCUT2D eigenvalue weighted by Gasteiger charge is -2.09. The molecule has 7 heteroatoms. The molecule has 4 nitrogen and oxygen atoms in total. The number of halogens is 2. The van der Waals surface area contributed by atoms with Crippen molar-refractivity contribution in [2.45, 2.75) is 11.3 Å². The van der Waals surface area contributed by atoms with Crippen LogP contribution in [-0.2, 0) is 16.4 Å². The van der Waals surface area contributed by atoms with E-state index >= 15 is 0 Å². The van der Waals surface area contributed by atoms with Crippen molar-refractivity contribution < 1.29 is 8.42 Å². The standard InChI is InChI=1S/C14H14Cl2N2O2S/c15-11-6-5-10(12(16)9-11)7-8-18-21(19,20)14-4-2-1-3-13(14)17/h1-6,9,18H,7-8,17H2. The van der Waals surface area contributed by atoms with Gasteiger partial charge in [-0.1, -0.05) is 41.4 Å². The molecule has 0 spiro atoms. The van der Waals surface area contributed by atoms with Gasteiger partial charge in [-0.05, 0) is 36.2 Å². The molecule has 112 valence electrons. The van der Waals surface area contributed by atoms with Gasteiger partial charge in [-0.15, -0.1) is 0 Å². The summed E-state index contributed by atoms with van der Waals surface area (Å²) in [4.78, 5) is 0.0761. The zero-order chi connectivity index (χ0) is 15.5. The molecule has 0 atom stereocenters. The molecule has 0 unspecified atom stereocenters. The topological polar surface area (TPSA) is 72.2 Å². The second-order valence-electron chi connectivity index (χ2n) is 4.42. The third-order valence-electron chi connectivity index (χ3n) is 2.91. The smallest absolute Gasteiger partial charge is 0.242 e. The molecule has 0 radical (unpaired) electrons. The Labute approximate surface area is 133 Å². The van der Waals surface area contributed by atoms with E-state index in [1.54, 1.807) is 36.4 Å². The van der Waals surface area contributed by atoms with Gasteiger partial charge < -0.3 is 5.73 Å². The van der Waals surface area contributed by atoms with Crippen LogP contribution in [0.2, 0.25) is 10.0 Å². The first-order chi connectivity index (χ1) is 9.90. The molecular formula is C14H14Cl2N2O2S. The van der Waals surface area contributed by atoms with Crippen LogP contribution < -0.4 is 10.5 Å².